The summed E-state index contributed by atoms with van der Waals surface area (Å²) < 4.78 is 43.6. The Morgan fingerprint density at radius 3 is 2.52 bits per heavy atom. The molecule has 1 aromatic rings. The molecule has 1 aromatic carbocycles. The average molecular weight is 298 g/mol. The van der Waals surface area contributed by atoms with Crippen LogP contribution in [0.15, 0.2) is 18.2 Å². The van der Waals surface area contributed by atoms with Gasteiger partial charge in [0.05, 0.1) is 22.9 Å². The molecule has 21 heavy (non-hydrogen) atoms. The van der Waals surface area contributed by atoms with Crippen LogP contribution in [0.4, 0.5) is 18.9 Å². The molecule has 0 aliphatic carbocycles. The Balaban J connectivity index is 2.16. The van der Waals surface area contributed by atoms with Crippen LogP contribution < -0.4 is 4.90 Å². The number of hydrogen-bond acceptors (Lipinski definition) is 3. The molecular weight excluding hydrogens is 281 g/mol. The number of rotatable bonds is 3. The van der Waals surface area contributed by atoms with Crippen molar-refractivity contribution in [3.63, 3.8) is 0 Å². The highest BCUT2D eigenvalue weighted by molar-refractivity contribution is 5.61. The summed E-state index contributed by atoms with van der Waals surface area (Å²) in [5.41, 5.74) is -0.146. The normalized spacial score (nSPS) is 16.8. The molecule has 6 heteroatoms. The number of hydrogen-bond donors (Lipinski definition) is 0. The number of nitrogens with zero attached hydrogens (tertiary/aromatic N) is 2. The molecule has 0 amide bonds. The average Bonchev–Trinajstić information content (AvgIpc) is 2.47. The van der Waals surface area contributed by atoms with E-state index in [2.05, 4.69) is 0 Å². The predicted molar refractivity (Wildman–Crippen MR) is 73.0 cm³/mol. The van der Waals surface area contributed by atoms with Gasteiger partial charge in [0.1, 0.15) is 6.07 Å². The first-order valence-electron chi connectivity index (χ1n) is 6.93. The molecule has 0 aromatic heterocycles. The summed E-state index contributed by atoms with van der Waals surface area (Å²) in [6.07, 6.45) is -2.59. The first-order valence-corrected chi connectivity index (χ1v) is 6.93. The van der Waals surface area contributed by atoms with E-state index >= 15 is 0 Å². The van der Waals surface area contributed by atoms with Gasteiger partial charge in [-0.15, -0.1) is 0 Å². The fraction of sp³-hybridized carbons (Fsp3) is 0.533. The van der Waals surface area contributed by atoms with E-state index in [-0.39, 0.29) is 11.7 Å². The monoisotopic (exact) mass is 298 g/mol. The van der Waals surface area contributed by atoms with Crippen LogP contribution in [0.3, 0.4) is 0 Å². The Hall–Kier alpha value is -1.74. The molecule has 2 rings (SSSR count). The topological polar surface area (TPSA) is 36.3 Å². The Morgan fingerprint density at radius 1 is 1.33 bits per heavy atom. The molecular formula is C15H17F3N2O. The number of halogens is 3. The van der Waals surface area contributed by atoms with E-state index in [0.29, 0.717) is 25.4 Å². The third-order valence-electron chi connectivity index (χ3n) is 3.63. The van der Waals surface area contributed by atoms with Crippen molar-refractivity contribution in [3.05, 3.63) is 29.3 Å². The molecule has 0 atom stereocenters. The second kappa shape index (κ2) is 6.35. The van der Waals surface area contributed by atoms with Crippen molar-refractivity contribution in [2.45, 2.75) is 32.0 Å². The van der Waals surface area contributed by atoms with Crippen molar-refractivity contribution in [2.24, 2.45) is 0 Å². The minimum Gasteiger partial charge on any atom is -0.378 e. The number of nitriles is 1. The van der Waals surface area contributed by atoms with Crippen molar-refractivity contribution in [1.29, 1.82) is 5.26 Å². The molecule has 0 N–H and O–H groups in total. The van der Waals surface area contributed by atoms with Crippen LogP contribution in [0.5, 0.6) is 0 Å². The molecule has 1 saturated heterocycles. The molecule has 0 bridgehead atoms. The zero-order valence-electron chi connectivity index (χ0n) is 11.8. The van der Waals surface area contributed by atoms with E-state index in [0.717, 1.165) is 25.0 Å². The third-order valence-corrected chi connectivity index (χ3v) is 3.63. The number of benzene rings is 1. The van der Waals surface area contributed by atoms with E-state index < -0.39 is 11.7 Å². The molecule has 0 radical (unpaired) electrons. The summed E-state index contributed by atoms with van der Waals surface area (Å²) >= 11 is 0. The fourth-order valence-electron chi connectivity index (χ4n) is 2.58. The van der Waals surface area contributed by atoms with Crippen molar-refractivity contribution >= 4 is 5.69 Å². The van der Waals surface area contributed by atoms with E-state index in [1.54, 1.807) is 0 Å². The summed E-state index contributed by atoms with van der Waals surface area (Å²) in [6.45, 7) is 3.97. The summed E-state index contributed by atoms with van der Waals surface area (Å²) in [7, 11) is 0. The Morgan fingerprint density at radius 2 is 2.00 bits per heavy atom. The number of anilines is 1. The van der Waals surface area contributed by atoms with Crippen molar-refractivity contribution in [1.82, 2.24) is 0 Å². The second-order valence-electron chi connectivity index (χ2n) is 4.98. The summed E-state index contributed by atoms with van der Waals surface area (Å²) in [4.78, 5) is 1.95. The lowest BCUT2D eigenvalue weighted by molar-refractivity contribution is -0.137. The van der Waals surface area contributed by atoms with Crippen LogP contribution in [0.1, 0.15) is 30.9 Å². The van der Waals surface area contributed by atoms with Crippen LogP contribution in [-0.4, -0.2) is 25.8 Å². The summed E-state index contributed by atoms with van der Waals surface area (Å²) in [6, 6.07) is 5.21. The lowest BCUT2D eigenvalue weighted by atomic mass is 10.0. The molecule has 114 valence electrons. The smallest absolute Gasteiger partial charge is 0.378 e. The van der Waals surface area contributed by atoms with Crippen LogP contribution in [0.2, 0.25) is 0 Å². The van der Waals surface area contributed by atoms with Gasteiger partial charge in [0.15, 0.2) is 0 Å². The highest BCUT2D eigenvalue weighted by atomic mass is 19.4. The molecule has 0 spiro atoms. The van der Waals surface area contributed by atoms with Gasteiger partial charge in [-0.25, -0.2) is 0 Å². The van der Waals surface area contributed by atoms with E-state index in [9.17, 15) is 13.2 Å². The highest BCUT2D eigenvalue weighted by Gasteiger charge is 2.31. The molecule has 1 heterocycles. The number of ether oxygens (including phenoxy) is 1. The predicted octanol–water partition coefficient (Wildman–Crippen LogP) is 3.58. The van der Waals surface area contributed by atoms with Crippen LogP contribution >= 0.6 is 0 Å². The molecule has 0 unspecified atom stereocenters. The fourth-order valence-corrected chi connectivity index (χ4v) is 2.58. The standard InChI is InChI=1S/C15H17F3N2O/c1-2-21-13-5-7-20(8-6-13)14-4-3-12(15(16,17)18)9-11(14)10-19/h3-4,9,13H,2,5-8H2,1H3. The summed E-state index contributed by atoms with van der Waals surface area (Å²) in [5, 5.41) is 9.11. The quantitative estimate of drug-likeness (QED) is 0.855. The zero-order chi connectivity index (χ0) is 15.5. The molecule has 1 aliphatic heterocycles. The van der Waals surface area contributed by atoms with Crippen LogP contribution in [0.25, 0.3) is 0 Å². The van der Waals surface area contributed by atoms with Crippen molar-refractivity contribution < 1.29 is 17.9 Å². The van der Waals surface area contributed by atoms with Crippen LogP contribution in [0, 0.1) is 11.3 Å². The Kier molecular flexibility index (Phi) is 4.73. The number of alkyl halides is 3. The van der Waals surface area contributed by atoms with Gasteiger partial charge in [-0.2, -0.15) is 18.4 Å². The SMILES string of the molecule is CCOC1CCN(c2ccc(C(F)(F)F)cc2C#N)CC1. The third kappa shape index (κ3) is 3.67. The van der Waals surface area contributed by atoms with Crippen molar-refractivity contribution in [2.75, 3.05) is 24.6 Å². The lowest BCUT2D eigenvalue weighted by Crippen LogP contribution is -2.37. The van der Waals surface area contributed by atoms with Gasteiger partial charge in [-0.3, -0.25) is 0 Å². The number of piperidine rings is 1. The maximum absolute atomic E-state index is 12.7. The molecule has 3 nitrogen and oxygen atoms in total. The van der Waals surface area contributed by atoms with Gasteiger partial charge in [-0.05, 0) is 38.0 Å². The first kappa shape index (κ1) is 15.6. The molecule has 1 aliphatic rings. The first-order chi connectivity index (χ1) is 9.95. The maximum atomic E-state index is 12.7. The van der Waals surface area contributed by atoms with Gasteiger partial charge in [0.2, 0.25) is 0 Å². The van der Waals surface area contributed by atoms with E-state index in [1.807, 2.05) is 17.9 Å². The van der Waals surface area contributed by atoms with Gasteiger partial charge in [0.25, 0.3) is 0 Å². The van der Waals surface area contributed by atoms with Gasteiger partial charge in [-0.1, -0.05) is 0 Å². The van der Waals surface area contributed by atoms with Crippen molar-refractivity contribution in [3.8, 4) is 6.07 Å². The van der Waals surface area contributed by atoms with E-state index in [4.69, 9.17) is 10.00 Å². The van der Waals surface area contributed by atoms with Crippen LogP contribution in [-0.2, 0) is 10.9 Å². The van der Waals surface area contributed by atoms with Gasteiger partial charge in [0, 0.05) is 19.7 Å². The zero-order valence-corrected chi connectivity index (χ0v) is 11.8. The lowest BCUT2D eigenvalue weighted by Gasteiger charge is -2.34. The van der Waals surface area contributed by atoms with Gasteiger partial charge >= 0.3 is 6.18 Å². The maximum Gasteiger partial charge on any atom is 0.416 e. The minimum atomic E-state index is -4.42. The minimum absolute atomic E-state index is 0.0692. The largest absolute Gasteiger partial charge is 0.416 e. The molecule has 1 fully saturated rings. The van der Waals surface area contributed by atoms with E-state index in [1.165, 1.54) is 6.07 Å². The second-order valence-corrected chi connectivity index (χ2v) is 4.98. The Labute approximate surface area is 121 Å². The summed E-state index contributed by atoms with van der Waals surface area (Å²) in [5.74, 6) is 0. The molecule has 0 saturated carbocycles. The Bertz CT molecular complexity index is 529. The van der Waals surface area contributed by atoms with Gasteiger partial charge < -0.3 is 9.64 Å². The highest BCUT2D eigenvalue weighted by Crippen LogP contribution is 2.33.